The maximum absolute atomic E-state index is 12.8. The van der Waals surface area contributed by atoms with Gasteiger partial charge in [-0.15, -0.1) is 5.10 Å². The lowest BCUT2D eigenvalue weighted by atomic mass is 10.1. The van der Waals surface area contributed by atoms with Gasteiger partial charge in [-0.3, -0.25) is 9.48 Å². The summed E-state index contributed by atoms with van der Waals surface area (Å²) < 4.78 is 3.65. The fourth-order valence-electron chi connectivity index (χ4n) is 3.06. The lowest BCUT2D eigenvalue weighted by molar-refractivity contribution is 0.102. The van der Waals surface area contributed by atoms with Crippen LogP contribution in [0.3, 0.4) is 0 Å². The first kappa shape index (κ1) is 18.8. The Hall–Kier alpha value is -3.03. The van der Waals surface area contributed by atoms with Crippen molar-refractivity contribution in [3.63, 3.8) is 0 Å². The summed E-state index contributed by atoms with van der Waals surface area (Å²) in [5, 5.41) is 19.4. The third-order valence-corrected chi connectivity index (χ3v) is 4.42. The first-order chi connectivity index (χ1) is 12.8. The predicted molar refractivity (Wildman–Crippen MR) is 104 cm³/mol. The molecule has 0 aliphatic heterocycles. The number of benzene rings is 1. The second kappa shape index (κ2) is 7.30. The quantitative estimate of drug-likeness (QED) is 0.744. The predicted octanol–water partition coefficient (Wildman–Crippen LogP) is 3.57. The smallest absolute Gasteiger partial charge is 0.255 e. The van der Waals surface area contributed by atoms with Crippen LogP contribution in [0.25, 0.3) is 11.4 Å². The van der Waals surface area contributed by atoms with Gasteiger partial charge in [-0.25, -0.2) is 4.68 Å². The molecule has 1 amide bonds. The number of amides is 1. The van der Waals surface area contributed by atoms with Gasteiger partial charge in [0, 0.05) is 17.2 Å². The van der Waals surface area contributed by atoms with Gasteiger partial charge >= 0.3 is 0 Å². The van der Waals surface area contributed by atoms with Crippen LogP contribution in [0.5, 0.6) is 0 Å². The van der Waals surface area contributed by atoms with Crippen molar-refractivity contribution in [2.75, 3.05) is 5.32 Å². The second-order valence-electron chi connectivity index (χ2n) is 7.16. The van der Waals surface area contributed by atoms with Gasteiger partial charge in [0.05, 0.1) is 23.1 Å². The van der Waals surface area contributed by atoms with Gasteiger partial charge in [0.25, 0.3) is 5.91 Å². The summed E-state index contributed by atoms with van der Waals surface area (Å²) in [5.41, 5.74) is 3.84. The Morgan fingerprint density at radius 3 is 2.41 bits per heavy atom. The molecule has 0 atom stereocenters. The monoisotopic (exact) mass is 367 g/mol. The molecule has 142 valence electrons. The lowest BCUT2D eigenvalue weighted by Gasteiger charge is -2.10. The minimum absolute atomic E-state index is 0.125. The van der Waals surface area contributed by atoms with E-state index in [0.29, 0.717) is 11.4 Å². The van der Waals surface area contributed by atoms with Crippen LogP contribution in [0.15, 0.2) is 24.3 Å². The van der Waals surface area contributed by atoms with E-state index in [-0.39, 0.29) is 18.0 Å². The number of hydrogen-bond donors (Lipinski definition) is 1. The average molecular weight is 367 g/mol. The van der Waals surface area contributed by atoms with Crippen molar-refractivity contribution in [1.82, 2.24) is 30.0 Å². The topological polar surface area (TPSA) is 90.5 Å². The van der Waals surface area contributed by atoms with Crippen LogP contribution >= 0.6 is 0 Å². The first-order valence-electron chi connectivity index (χ1n) is 9.05. The number of nitrogens with one attached hydrogen (secondary N) is 1. The number of tetrazole rings is 1. The van der Waals surface area contributed by atoms with E-state index in [1.54, 1.807) is 16.8 Å². The molecule has 0 unspecified atom stereocenters. The summed E-state index contributed by atoms with van der Waals surface area (Å²) in [6.45, 7) is 12.0. The van der Waals surface area contributed by atoms with Crippen molar-refractivity contribution in [2.24, 2.45) is 0 Å². The van der Waals surface area contributed by atoms with E-state index in [1.807, 2.05) is 44.5 Å². The van der Waals surface area contributed by atoms with Crippen molar-refractivity contribution in [2.45, 2.75) is 53.6 Å². The van der Waals surface area contributed by atoms with Crippen molar-refractivity contribution in [3.05, 3.63) is 41.2 Å². The average Bonchev–Trinajstić information content (AvgIpc) is 3.22. The molecule has 8 heteroatoms. The lowest BCUT2D eigenvalue weighted by Crippen LogP contribution is -2.14. The minimum atomic E-state index is -0.185. The van der Waals surface area contributed by atoms with Crippen LogP contribution in [0.4, 0.5) is 5.69 Å². The largest absolute Gasteiger partial charge is 0.319 e. The van der Waals surface area contributed by atoms with E-state index < -0.39 is 0 Å². The van der Waals surface area contributed by atoms with E-state index in [2.05, 4.69) is 39.8 Å². The Bertz CT molecular complexity index is 968. The van der Waals surface area contributed by atoms with Gasteiger partial charge < -0.3 is 5.32 Å². The molecule has 0 spiro atoms. The molecule has 1 N–H and O–H groups in total. The highest BCUT2D eigenvalue weighted by atomic mass is 16.1. The van der Waals surface area contributed by atoms with Crippen LogP contribution in [0.2, 0.25) is 0 Å². The van der Waals surface area contributed by atoms with Crippen LogP contribution < -0.4 is 5.32 Å². The molecule has 1 aromatic carbocycles. The second-order valence-corrected chi connectivity index (χ2v) is 7.16. The Balaban J connectivity index is 1.90. The molecule has 2 aromatic heterocycles. The molecule has 0 aliphatic carbocycles. The van der Waals surface area contributed by atoms with Crippen LogP contribution in [0, 0.1) is 13.8 Å². The third-order valence-electron chi connectivity index (χ3n) is 4.42. The minimum Gasteiger partial charge on any atom is -0.319 e. The van der Waals surface area contributed by atoms with Crippen molar-refractivity contribution in [3.8, 4) is 11.4 Å². The highest BCUT2D eigenvalue weighted by Gasteiger charge is 2.18. The maximum atomic E-state index is 12.8. The SMILES string of the molecule is Cc1nn(C(C)C)c(C)c1NC(=O)c1cccc(-c2nnnn2C(C)C)c1. The molecule has 0 fully saturated rings. The van der Waals surface area contributed by atoms with Gasteiger partial charge in [0.15, 0.2) is 5.82 Å². The highest BCUT2D eigenvalue weighted by molar-refractivity contribution is 6.05. The van der Waals surface area contributed by atoms with Gasteiger partial charge in [-0.1, -0.05) is 12.1 Å². The zero-order chi connectivity index (χ0) is 19.7. The summed E-state index contributed by atoms with van der Waals surface area (Å²) in [4.78, 5) is 12.8. The van der Waals surface area contributed by atoms with E-state index >= 15 is 0 Å². The van der Waals surface area contributed by atoms with Crippen molar-refractivity contribution < 1.29 is 4.79 Å². The number of rotatable bonds is 5. The van der Waals surface area contributed by atoms with Gasteiger partial charge in [-0.05, 0) is 64.1 Å². The molecule has 0 saturated carbocycles. The maximum Gasteiger partial charge on any atom is 0.255 e. The van der Waals surface area contributed by atoms with Crippen molar-refractivity contribution in [1.29, 1.82) is 0 Å². The molecule has 27 heavy (non-hydrogen) atoms. The number of aryl methyl sites for hydroxylation is 1. The molecule has 3 aromatic rings. The molecule has 0 bridgehead atoms. The third kappa shape index (κ3) is 3.60. The normalized spacial score (nSPS) is 11.4. The number of aromatic nitrogens is 6. The molecular formula is C19H25N7O. The molecule has 0 aliphatic rings. The molecule has 0 radical (unpaired) electrons. The van der Waals surface area contributed by atoms with Gasteiger partial charge in [0.1, 0.15) is 0 Å². The van der Waals surface area contributed by atoms with Crippen LogP contribution in [-0.2, 0) is 0 Å². The highest BCUT2D eigenvalue weighted by Crippen LogP contribution is 2.24. The standard InChI is InChI=1S/C19H25N7O/c1-11(2)25-14(6)17(13(5)22-25)20-19(27)16-9-7-8-15(10-16)18-21-23-24-26(18)12(3)4/h7-12H,1-6H3,(H,20,27). The summed E-state index contributed by atoms with van der Waals surface area (Å²) >= 11 is 0. The number of hydrogen-bond acceptors (Lipinski definition) is 5. The van der Waals surface area contributed by atoms with E-state index in [1.165, 1.54) is 0 Å². The molecule has 3 rings (SSSR count). The summed E-state index contributed by atoms with van der Waals surface area (Å²) in [7, 11) is 0. The molecule has 0 saturated heterocycles. The zero-order valence-electron chi connectivity index (χ0n) is 16.6. The Morgan fingerprint density at radius 2 is 1.78 bits per heavy atom. The fourth-order valence-corrected chi connectivity index (χ4v) is 3.06. The van der Waals surface area contributed by atoms with Gasteiger partial charge in [0.2, 0.25) is 0 Å². The van der Waals surface area contributed by atoms with E-state index in [0.717, 1.165) is 22.6 Å². The fraction of sp³-hybridized carbons (Fsp3) is 0.421. The first-order valence-corrected chi connectivity index (χ1v) is 9.05. The van der Waals surface area contributed by atoms with Gasteiger partial charge in [-0.2, -0.15) is 5.10 Å². The molecule has 8 nitrogen and oxygen atoms in total. The Morgan fingerprint density at radius 1 is 1.07 bits per heavy atom. The number of nitrogens with zero attached hydrogens (tertiary/aromatic N) is 6. The summed E-state index contributed by atoms with van der Waals surface area (Å²) in [6.07, 6.45) is 0. The molecule has 2 heterocycles. The van der Waals surface area contributed by atoms with Crippen LogP contribution in [0.1, 0.15) is 61.5 Å². The number of anilines is 1. The summed E-state index contributed by atoms with van der Waals surface area (Å²) in [6, 6.07) is 7.67. The molecular weight excluding hydrogens is 342 g/mol. The van der Waals surface area contributed by atoms with E-state index in [9.17, 15) is 4.79 Å². The zero-order valence-corrected chi connectivity index (χ0v) is 16.6. The Kier molecular flexibility index (Phi) is 5.07. The van der Waals surface area contributed by atoms with Crippen LogP contribution in [-0.4, -0.2) is 35.9 Å². The van der Waals surface area contributed by atoms with E-state index in [4.69, 9.17) is 0 Å². The summed E-state index contributed by atoms with van der Waals surface area (Å²) in [5.74, 6) is 0.453. The van der Waals surface area contributed by atoms with Crippen molar-refractivity contribution >= 4 is 11.6 Å². The number of carbonyl (C=O) groups is 1. The number of carbonyl (C=O) groups excluding carboxylic acids is 1. The Labute approximate surface area is 158 Å².